The van der Waals surface area contributed by atoms with Crippen molar-refractivity contribution in [2.24, 2.45) is 5.73 Å². The fourth-order valence-corrected chi connectivity index (χ4v) is 4.98. The van der Waals surface area contributed by atoms with Gasteiger partial charge in [0.15, 0.2) is 0 Å². The molecule has 0 saturated heterocycles. The van der Waals surface area contributed by atoms with Crippen molar-refractivity contribution in [3.63, 3.8) is 0 Å². The largest absolute Gasteiger partial charge is 0.365 e. The molecule has 126 valence electrons. The molecule has 0 spiro atoms. The van der Waals surface area contributed by atoms with Crippen molar-refractivity contribution < 1.29 is 14.0 Å². The molecule has 0 aliphatic carbocycles. The second kappa shape index (κ2) is 7.00. The van der Waals surface area contributed by atoms with Gasteiger partial charge in [-0.2, -0.15) is 11.8 Å². The fourth-order valence-electron chi connectivity index (χ4n) is 2.42. The number of carbonyl (C=O) groups is 2. The number of nitrogens with one attached hydrogen (secondary N) is 2. The summed E-state index contributed by atoms with van der Waals surface area (Å²) in [6, 6.07) is 3.31. The molecule has 0 bridgehead atoms. The van der Waals surface area contributed by atoms with Gasteiger partial charge in [0.25, 0.3) is 5.91 Å². The van der Waals surface area contributed by atoms with E-state index in [2.05, 4.69) is 10.6 Å². The van der Waals surface area contributed by atoms with Gasteiger partial charge >= 0.3 is 6.03 Å². The molecular weight excluding hydrogens is 373 g/mol. The number of rotatable bonds is 3. The highest BCUT2D eigenvalue weighted by Gasteiger charge is 2.25. The van der Waals surface area contributed by atoms with Crippen LogP contribution in [0.4, 0.5) is 19.9 Å². The van der Waals surface area contributed by atoms with E-state index < -0.39 is 17.8 Å². The van der Waals surface area contributed by atoms with E-state index in [1.165, 1.54) is 23.5 Å². The maximum Gasteiger partial charge on any atom is 0.324 e. The summed E-state index contributed by atoms with van der Waals surface area (Å²) in [6.07, 6.45) is 0.756. The summed E-state index contributed by atoms with van der Waals surface area (Å²) >= 11 is 8.82. The first-order valence-corrected chi connectivity index (χ1v) is 9.35. The number of primary amides is 1. The van der Waals surface area contributed by atoms with Gasteiger partial charge in [0.2, 0.25) is 0 Å². The van der Waals surface area contributed by atoms with Gasteiger partial charge in [-0.15, -0.1) is 11.3 Å². The molecule has 3 rings (SSSR count). The molecule has 9 heteroatoms. The molecule has 3 amide bonds. The molecule has 0 unspecified atom stereocenters. The Morgan fingerprint density at radius 3 is 2.79 bits per heavy atom. The first-order valence-electron chi connectivity index (χ1n) is 7.01. The van der Waals surface area contributed by atoms with Crippen LogP contribution in [-0.2, 0) is 12.2 Å². The first kappa shape index (κ1) is 17.1. The third kappa shape index (κ3) is 3.50. The summed E-state index contributed by atoms with van der Waals surface area (Å²) in [6.45, 7) is 0. The average molecular weight is 386 g/mol. The van der Waals surface area contributed by atoms with Crippen molar-refractivity contribution in [2.75, 3.05) is 16.4 Å². The average Bonchev–Trinajstić information content (AvgIpc) is 2.88. The van der Waals surface area contributed by atoms with Gasteiger partial charge in [-0.3, -0.25) is 10.1 Å². The van der Waals surface area contributed by atoms with E-state index >= 15 is 0 Å². The molecule has 0 radical (unpaired) electrons. The number of urea groups is 1. The molecule has 1 aliphatic rings. The Hall–Kier alpha value is -1.77. The summed E-state index contributed by atoms with van der Waals surface area (Å²) in [5.74, 6) is 0.600. The number of amides is 3. The van der Waals surface area contributed by atoms with Gasteiger partial charge in [-0.25, -0.2) is 9.18 Å². The summed E-state index contributed by atoms with van der Waals surface area (Å²) in [4.78, 5) is 25.0. The number of benzene rings is 1. The Morgan fingerprint density at radius 2 is 2.08 bits per heavy atom. The number of anilines is 2. The van der Waals surface area contributed by atoms with Crippen LogP contribution in [0.2, 0.25) is 5.02 Å². The summed E-state index contributed by atoms with van der Waals surface area (Å²) in [7, 11) is 0. The van der Waals surface area contributed by atoms with Crippen LogP contribution in [-0.4, -0.2) is 17.7 Å². The van der Waals surface area contributed by atoms with Gasteiger partial charge in [-0.05, 0) is 35.9 Å². The Bertz CT molecular complexity index is 825. The number of nitrogens with two attached hydrogens (primary N) is 1. The predicted molar refractivity (Wildman–Crippen MR) is 96.8 cm³/mol. The monoisotopic (exact) mass is 385 g/mol. The van der Waals surface area contributed by atoms with Crippen LogP contribution >= 0.6 is 34.7 Å². The number of fused-ring (bicyclic) bond motifs is 1. The van der Waals surface area contributed by atoms with E-state index in [1.54, 1.807) is 11.8 Å². The summed E-state index contributed by atoms with van der Waals surface area (Å²) in [5, 5.41) is 5.55. The quantitative estimate of drug-likeness (QED) is 0.744. The van der Waals surface area contributed by atoms with Crippen LogP contribution in [0.1, 0.15) is 20.8 Å². The molecule has 24 heavy (non-hydrogen) atoms. The van der Waals surface area contributed by atoms with Gasteiger partial charge in [-0.1, -0.05) is 11.6 Å². The highest BCUT2D eigenvalue weighted by atomic mass is 35.5. The van der Waals surface area contributed by atoms with Crippen molar-refractivity contribution >= 4 is 57.3 Å². The lowest BCUT2D eigenvalue weighted by atomic mass is 10.1. The number of thioether (sulfide) groups is 1. The molecule has 0 atom stereocenters. The molecule has 0 saturated carbocycles. The maximum absolute atomic E-state index is 13.1. The van der Waals surface area contributed by atoms with Crippen LogP contribution in [0.3, 0.4) is 0 Å². The number of carbonyl (C=O) groups excluding carboxylic acids is 2. The van der Waals surface area contributed by atoms with E-state index in [-0.39, 0.29) is 5.02 Å². The molecule has 1 aliphatic heterocycles. The smallest absolute Gasteiger partial charge is 0.324 e. The molecule has 1 aromatic carbocycles. The number of thiophene rings is 1. The molecule has 2 aromatic rings. The summed E-state index contributed by atoms with van der Waals surface area (Å²) in [5.41, 5.74) is 7.12. The third-order valence-corrected chi connectivity index (χ3v) is 6.08. The molecule has 4 N–H and O–H groups in total. The number of hydrogen-bond donors (Lipinski definition) is 3. The lowest BCUT2D eigenvalue weighted by Crippen LogP contribution is -2.22. The Kier molecular flexibility index (Phi) is 4.98. The SMILES string of the molecule is NC(=O)c1c(NC(=O)Nc2ccc(F)c(Cl)c2)sc2c1CCSC2. The van der Waals surface area contributed by atoms with Crippen molar-refractivity contribution in [3.8, 4) is 0 Å². The zero-order chi connectivity index (χ0) is 17.3. The van der Waals surface area contributed by atoms with E-state index in [1.807, 2.05) is 0 Å². The van der Waals surface area contributed by atoms with Gasteiger partial charge in [0.1, 0.15) is 10.8 Å². The predicted octanol–water partition coefficient (Wildman–Crippen LogP) is 4.07. The zero-order valence-corrected chi connectivity index (χ0v) is 14.7. The zero-order valence-electron chi connectivity index (χ0n) is 12.3. The van der Waals surface area contributed by atoms with E-state index in [0.717, 1.165) is 34.4 Å². The van der Waals surface area contributed by atoms with Crippen LogP contribution in [0.5, 0.6) is 0 Å². The van der Waals surface area contributed by atoms with Gasteiger partial charge < -0.3 is 11.1 Å². The first-order chi connectivity index (χ1) is 11.5. The van der Waals surface area contributed by atoms with Crippen LogP contribution in [0, 0.1) is 5.82 Å². The second-order valence-corrected chi connectivity index (χ2v) is 7.70. The number of halogens is 2. The van der Waals surface area contributed by atoms with Crippen LogP contribution in [0.15, 0.2) is 18.2 Å². The Balaban J connectivity index is 1.80. The molecule has 1 aromatic heterocycles. The normalized spacial score (nSPS) is 13.2. The van der Waals surface area contributed by atoms with Crippen molar-refractivity contribution in [2.45, 2.75) is 12.2 Å². The second-order valence-electron chi connectivity index (χ2n) is 5.08. The van der Waals surface area contributed by atoms with Gasteiger partial charge in [0, 0.05) is 16.3 Å². The maximum atomic E-state index is 13.1. The fraction of sp³-hybridized carbons (Fsp3) is 0.200. The highest BCUT2D eigenvalue weighted by Crippen LogP contribution is 2.39. The summed E-state index contributed by atoms with van der Waals surface area (Å²) < 4.78 is 13.1. The highest BCUT2D eigenvalue weighted by molar-refractivity contribution is 7.98. The Labute approximate surface area is 150 Å². The molecule has 5 nitrogen and oxygen atoms in total. The van der Waals surface area contributed by atoms with E-state index in [4.69, 9.17) is 17.3 Å². The lowest BCUT2D eigenvalue weighted by molar-refractivity contribution is 0.100. The van der Waals surface area contributed by atoms with E-state index in [9.17, 15) is 14.0 Å². The Morgan fingerprint density at radius 1 is 1.29 bits per heavy atom. The lowest BCUT2D eigenvalue weighted by Gasteiger charge is -2.11. The van der Waals surface area contributed by atoms with Crippen molar-refractivity contribution in [3.05, 3.63) is 45.0 Å². The van der Waals surface area contributed by atoms with Crippen molar-refractivity contribution in [1.29, 1.82) is 0 Å². The van der Waals surface area contributed by atoms with Crippen LogP contribution < -0.4 is 16.4 Å². The molecule has 2 heterocycles. The van der Waals surface area contributed by atoms with E-state index in [0.29, 0.717) is 16.3 Å². The minimum Gasteiger partial charge on any atom is -0.365 e. The third-order valence-electron chi connectivity index (χ3n) is 3.47. The van der Waals surface area contributed by atoms with Crippen molar-refractivity contribution in [1.82, 2.24) is 0 Å². The van der Waals surface area contributed by atoms with Crippen LogP contribution in [0.25, 0.3) is 0 Å². The van der Waals surface area contributed by atoms with Gasteiger partial charge in [0.05, 0.1) is 10.6 Å². The molecule has 0 fully saturated rings. The number of hydrogen-bond acceptors (Lipinski definition) is 4. The topological polar surface area (TPSA) is 84.2 Å². The molecular formula is C15H13ClFN3O2S2. The standard InChI is InChI=1S/C15H13ClFN3O2S2/c16-9-5-7(1-2-10(9)17)19-15(22)20-14-12(13(18)21)8-3-4-23-6-11(8)24-14/h1-2,5H,3-4,6H2,(H2,18,21)(H2,19,20,22). The minimum absolute atomic E-state index is 0.0887. The minimum atomic E-state index is -0.568.